The molecule has 8 heteroatoms. The number of benzene rings is 2. The summed E-state index contributed by atoms with van der Waals surface area (Å²) >= 11 is 0. The first-order valence-electron chi connectivity index (χ1n) is 11.0. The third kappa shape index (κ3) is 3.29. The number of rotatable bonds is 5. The van der Waals surface area contributed by atoms with Gasteiger partial charge in [-0.05, 0) is 60.3 Å². The normalized spacial score (nSPS) is 13.5. The molecule has 0 saturated heterocycles. The van der Waals surface area contributed by atoms with Gasteiger partial charge < -0.3 is 5.32 Å². The average molecular weight is 425 g/mol. The van der Waals surface area contributed by atoms with Crippen LogP contribution >= 0.6 is 0 Å². The average Bonchev–Trinajstić information content (AvgIpc) is 3.58. The number of hydrogen-bond donors (Lipinski definition) is 2. The van der Waals surface area contributed by atoms with Crippen molar-refractivity contribution in [3.63, 3.8) is 0 Å². The lowest BCUT2D eigenvalue weighted by Gasteiger charge is -2.17. The number of fused-ring (bicyclic) bond motifs is 2. The SMILES string of the molecule is CCCn1cc(-c2ccc3[nH]nc(-c4cn(-c5ccc6c(c5)CNCC6)nn4)c3c2)cn1. The molecule has 0 aliphatic carbocycles. The van der Waals surface area contributed by atoms with Gasteiger partial charge in [-0.1, -0.05) is 24.3 Å². The zero-order chi connectivity index (χ0) is 21.5. The van der Waals surface area contributed by atoms with Gasteiger partial charge in [0.25, 0.3) is 0 Å². The molecule has 3 aromatic heterocycles. The number of H-pyrrole nitrogens is 1. The molecule has 1 aliphatic rings. The maximum atomic E-state index is 4.54. The fourth-order valence-electron chi connectivity index (χ4n) is 4.36. The van der Waals surface area contributed by atoms with Crippen molar-refractivity contribution < 1.29 is 0 Å². The lowest BCUT2D eigenvalue weighted by Crippen LogP contribution is -2.23. The maximum absolute atomic E-state index is 4.54. The Morgan fingerprint density at radius 2 is 2.00 bits per heavy atom. The number of nitrogens with zero attached hydrogens (tertiary/aromatic N) is 6. The molecule has 2 N–H and O–H groups in total. The van der Waals surface area contributed by atoms with Crippen molar-refractivity contribution in [2.75, 3.05) is 6.54 Å². The van der Waals surface area contributed by atoms with E-state index in [0.29, 0.717) is 0 Å². The summed E-state index contributed by atoms with van der Waals surface area (Å²) in [6, 6.07) is 12.8. The molecular formula is C24H24N8. The summed E-state index contributed by atoms with van der Waals surface area (Å²) in [5.74, 6) is 0. The quantitative estimate of drug-likeness (QED) is 0.449. The van der Waals surface area contributed by atoms with Crippen molar-refractivity contribution in [1.82, 2.24) is 40.3 Å². The van der Waals surface area contributed by atoms with Gasteiger partial charge in [0, 0.05) is 30.2 Å². The van der Waals surface area contributed by atoms with E-state index in [-0.39, 0.29) is 0 Å². The highest BCUT2D eigenvalue weighted by atomic mass is 15.4. The summed E-state index contributed by atoms with van der Waals surface area (Å²) in [4.78, 5) is 0. The van der Waals surface area contributed by atoms with E-state index in [2.05, 4.69) is 80.4 Å². The molecular weight excluding hydrogens is 400 g/mol. The smallest absolute Gasteiger partial charge is 0.134 e. The van der Waals surface area contributed by atoms with Crippen LogP contribution in [0.5, 0.6) is 0 Å². The Labute approximate surface area is 185 Å². The highest BCUT2D eigenvalue weighted by Gasteiger charge is 2.15. The van der Waals surface area contributed by atoms with Crippen molar-refractivity contribution in [2.45, 2.75) is 32.9 Å². The fraction of sp³-hybridized carbons (Fsp3) is 0.250. The topological polar surface area (TPSA) is 89.2 Å². The molecule has 0 atom stereocenters. The molecule has 0 bridgehead atoms. The minimum absolute atomic E-state index is 0.742. The fourth-order valence-corrected chi connectivity index (χ4v) is 4.36. The Morgan fingerprint density at radius 1 is 1.03 bits per heavy atom. The van der Waals surface area contributed by atoms with Crippen LogP contribution in [0.4, 0.5) is 0 Å². The van der Waals surface area contributed by atoms with Crippen LogP contribution in [0.3, 0.4) is 0 Å². The molecule has 1 aliphatic heterocycles. The molecule has 6 rings (SSSR count). The zero-order valence-corrected chi connectivity index (χ0v) is 17.9. The van der Waals surface area contributed by atoms with Crippen molar-refractivity contribution in [2.24, 2.45) is 0 Å². The highest BCUT2D eigenvalue weighted by Crippen LogP contribution is 2.30. The minimum atomic E-state index is 0.742. The molecule has 32 heavy (non-hydrogen) atoms. The van der Waals surface area contributed by atoms with Crippen molar-refractivity contribution in [3.8, 4) is 28.2 Å². The lowest BCUT2D eigenvalue weighted by atomic mass is 10.0. The van der Waals surface area contributed by atoms with Gasteiger partial charge in [0.1, 0.15) is 11.4 Å². The van der Waals surface area contributed by atoms with Gasteiger partial charge in [-0.2, -0.15) is 10.2 Å². The molecule has 0 fully saturated rings. The number of aryl methyl sites for hydroxylation is 1. The summed E-state index contributed by atoms with van der Waals surface area (Å²) < 4.78 is 3.80. The number of nitrogens with one attached hydrogen (secondary N) is 2. The van der Waals surface area contributed by atoms with Crippen LogP contribution in [0.25, 0.3) is 39.1 Å². The monoisotopic (exact) mass is 424 g/mol. The number of aromatic nitrogens is 7. The number of hydrogen-bond acceptors (Lipinski definition) is 5. The molecule has 0 radical (unpaired) electrons. The predicted octanol–water partition coefficient (Wildman–Crippen LogP) is 3.73. The van der Waals surface area contributed by atoms with E-state index in [1.807, 2.05) is 21.8 Å². The molecule has 8 nitrogen and oxygen atoms in total. The van der Waals surface area contributed by atoms with Crippen LogP contribution in [0.1, 0.15) is 24.5 Å². The van der Waals surface area contributed by atoms with E-state index in [0.717, 1.165) is 71.6 Å². The van der Waals surface area contributed by atoms with Gasteiger partial charge in [-0.3, -0.25) is 9.78 Å². The summed E-state index contributed by atoms with van der Waals surface area (Å²) in [5.41, 5.74) is 8.45. The van der Waals surface area contributed by atoms with Crippen LogP contribution in [0, 0.1) is 0 Å². The molecule has 160 valence electrons. The van der Waals surface area contributed by atoms with E-state index < -0.39 is 0 Å². The standard InChI is InChI=1S/C24H24N8/c1-2-9-31-14-19(13-26-31)17-4-6-22-21(11-17)24(29-27-22)23-15-32(30-28-23)20-5-3-16-7-8-25-12-18(16)10-20/h3-6,10-11,13-15,25H,2,7-9,12H2,1H3,(H,27,29). The summed E-state index contributed by atoms with van der Waals surface area (Å²) in [6.45, 7) is 5.00. The third-order valence-corrected chi connectivity index (χ3v) is 6.06. The lowest BCUT2D eigenvalue weighted by molar-refractivity contribution is 0.603. The third-order valence-electron chi connectivity index (χ3n) is 6.06. The first-order chi connectivity index (χ1) is 15.8. The first kappa shape index (κ1) is 18.9. The van der Waals surface area contributed by atoms with Crippen molar-refractivity contribution >= 4 is 10.9 Å². The van der Waals surface area contributed by atoms with Crippen LogP contribution in [0.2, 0.25) is 0 Å². The van der Waals surface area contributed by atoms with Crippen LogP contribution in [-0.2, 0) is 19.5 Å². The second kappa shape index (κ2) is 7.72. The Morgan fingerprint density at radius 3 is 2.94 bits per heavy atom. The number of aromatic amines is 1. The summed E-state index contributed by atoms with van der Waals surface area (Å²) in [6.07, 6.45) is 8.07. The Kier molecular flexibility index (Phi) is 4.57. The molecule has 2 aromatic carbocycles. The van der Waals surface area contributed by atoms with Crippen molar-refractivity contribution in [3.05, 3.63) is 66.1 Å². The molecule has 0 amide bonds. The van der Waals surface area contributed by atoms with Gasteiger partial charge >= 0.3 is 0 Å². The Balaban J connectivity index is 1.35. The van der Waals surface area contributed by atoms with E-state index in [9.17, 15) is 0 Å². The predicted molar refractivity (Wildman–Crippen MR) is 123 cm³/mol. The second-order valence-electron chi connectivity index (χ2n) is 8.25. The molecule has 5 aromatic rings. The maximum Gasteiger partial charge on any atom is 0.134 e. The summed E-state index contributed by atoms with van der Waals surface area (Å²) in [5, 5.41) is 25.4. The Hall–Kier alpha value is -3.78. The summed E-state index contributed by atoms with van der Waals surface area (Å²) in [7, 11) is 0. The van der Waals surface area contributed by atoms with Crippen LogP contribution in [-0.4, -0.2) is 41.5 Å². The van der Waals surface area contributed by atoms with Gasteiger partial charge in [0.2, 0.25) is 0 Å². The van der Waals surface area contributed by atoms with E-state index in [1.54, 1.807) is 0 Å². The van der Waals surface area contributed by atoms with Crippen molar-refractivity contribution in [1.29, 1.82) is 0 Å². The van der Waals surface area contributed by atoms with E-state index >= 15 is 0 Å². The first-order valence-corrected chi connectivity index (χ1v) is 11.0. The molecule has 4 heterocycles. The zero-order valence-electron chi connectivity index (χ0n) is 17.9. The Bertz CT molecular complexity index is 1410. The van der Waals surface area contributed by atoms with E-state index in [4.69, 9.17) is 0 Å². The minimum Gasteiger partial charge on any atom is -0.312 e. The van der Waals surface area contributed by atoms with Gasteiger partial charge in [0.05, 0.1) is 23.6 Å². The van der Waals surface area contributed by atoms with Gasteiger partial charge in [-0.15, -0.1) is 5.10 Å². The van der Waals surface area contributed by atoms with E-state index in [1.165, 1.54) is 11.1 Å². The van der Waals surface area contributed by atoms with Gasteiger partial charge in [0.15, 0.2) is 0 Å². The largest absolute Gasteiger partial charge is 0.312 e. The molecule has 0 saturated carbocycles. The van der Waals surface area contributed by atoms with Crippen LogP contribution < -0.4 is 5.32 Å². The molecule has 0 spiro atoms. The second-order valence-corrected chi connectivity index (χ2v) is 8.25. The highest BCUT2D eigenvalue weighted by molar-refractivity contribution is 5.94. The van der Waals surface area contributed by atoms with Crippen LogP contribution in [0.15, 0.2) is 55.0 Å². The van der Waals surface area contributed by atoms with Gasteiger partial charge in [-0.25, -0.2) is 4.68 Å². The molecule has 0 unspecified atom stereocenters.